The molecule has 0 spiro atoms. The summed E-state index contributed by atoms with van der Waals surface area (Å²) < 4.78 is 1.86. The van der Waals surface area contributed by atoms with Crippen LogP contribution < -0.4 is 10.2 Å². The van der Waals surface area contributed by atoms with Crippen LogP contribution in [-0.4, -0.2) is 39.6 Å². The topological polar surface area (TPSA) is 63.1 Å². The Balaban J connectivity index is 1.51. The molecule has 6 nitrogen and oxygen atoms in total. The number of carbonyl (C=O) groups excluding carboxylic acids is 1. The van der Waals surface area contributed by atoms with Crippen molar-refractivity contribution in [2.75, 3.05) is 18.0 Å². The molecule has 1 N–H and O–H groups in total. The Morgan fingerprint density at radius 1 is 1.35 bits per heavy atom. The molecule has 7 heteroatoms. The molecule has 2 aromatic heterocycles. The summed E-state index contributed by atoms with van der Waals surface area (Å²) in [6.45, 7) is 1.66. The average Bonchev–Trinajstić information content (AvgIpc) is 3.01. The fourth-order valence-electron chi connectivity index (χ4n) is 3.60. The lowest BCUT2D eigenvalue weighted by Crippen LogP contribution is -2.48. The molecule has 0 saturated carbocycles. The third-order valence-corrected chi connectivity index (χ3v) is 5.17. The second-order valence-corrected chi connectivity index (χ2v) is 7.00. The highest BCUT2D eigenvalue weighted by Crippen LogP contribution is 2.26. The summed E-state index contributed by atoms with van der Waals surface area (Å²) in [6, 6.07) is 7.66. The molecule has 1 aromatic carbocycles. The SMILES string of the molecule is Cn1c(C(=O)N[C@H]2CCCN(c3cnccn3)C2)cc2cccc(Cl)c21. The standard InChI is InChI=1S/C19H20ClN5O/c1-24-16(10-13-4-2-6-15(20)18(13)24)19(26)23-14-5-3-9-25(12-14)17-11-21-7-8-22-17/h2,4,6-8,10-11,14H,3,5,9,12H2,1H3,(H,23,26)/t14-/m0/s1. The molecule has 3 heterocycles. The van der Waals surface area contributed by atoms with Crippen LogP contribution in [0.5, 0.6) is 0 Å². The zero-order chi connectivity index (χ0) is 18.1. The minimum absolute atomic E-state index is 0.0757. The number of rotatable bonds is 3. The third-order valence-electron chi connectivity index (χ3n) is 4.87. The van der Waals surface area contributed by atoms with E-state index in [1.165, 1.54) is 0 Å². The summed E-state index contributed by atoms with van der Waals surface area (Å²) in [5.74, 6) is 0.772. The molecule has 0 unspecified atom stereocenters. The van der Waals surface area contributed by atoms with Crippen LogP contribution >= 0.6 is 11.6 Å². The van der Waals surface area contributed by atoms with Crippen molar-refractivity contribution in [3.63, 3.8) is 0 Å². The van der Waals surface area contributed by atoms with E-state index in [0.29, 0.717) is 10.7 Å². The first kappa shape index (κ1) is 16.8. The van der Waals surface area contributed by atoms with Crippen LogP contribution in [0.2, 0.25) is 5.02 Å². The highest BCUT2D eigenvalue weighted by atomic mass is 35.5. The highest BCUT2D eigenvalue weighted by molar-refractivity contribution is 6.35. The molecule has 134 valence electrons. The van der Waals surface area contributed by atoms with Gasteiger partial charge in [0.05, 0.1) is 16.7 Å². The summed E-state index contributed by atoms with van der Waals surface area (Å²) in [6.07, 6.45) is 7.07. The smallest absolute Gasteiger partial charge is 0.268 e. The number of piperidine rings is 1. The van der Waals surface area contributed by atoms with Crippen LogP contribution in [0.3, 0.4) is 0 Å². The molecular formula is C19H20ClN5O. The molecule has 0 aliphatic carbocycles. The maximum absolute atomic E-state index is 12.8. The Morgan fingerprint density at radius 3 is 3.00 bits per heavy atom. The molecule has 26 heavy (non-hydrogen) atoms. The van der Waals surface area contributed by atoms with Gasteiger partial charge in [0.15, 0.2) is 0 Å². The molecular weight excluding hydrogens is 350 g/mol. The van der Waals surface area contributed by atoms with Gasteiger partial charge < -0.3 is 14.8 Å². The zero-order valence-electron chi connectivity index (χ0n) is 14.5. The van der Waals surface area contributed by atoms with Crippen molar-refractivity contribution >= 4 is 34.2 Å². The number of aryl methyl sites for hydroxylation is 1. The summed E-state index contributed by atoms with van der Waals surface area (Å²) in [5.41, 5.74) is 1.49. The molecule has 1 aliphatic rings. The summed E-state index contributed by atoms with van der Waals surface area (Å²) in [7, 11) is 1.87. The molecule has 1 aliphatic heterocycles. The molecule has 4 rings (SSSR count). The number of para-hydroxylation sites is 1. The Labute approximate surface area is 156 Å². The monoisotopic (exact) mass is 369 g/mol. The van der Waals surface area contributed by atoms with E-state index in [-0.39, 0.29) is 11.9 Å². The zero-order valence-corrected chi connectivity index (χ0v) is 15.3. The van der Waals surface area contributed by atoms with Crippen molar-refractivity contribution in [3.8, 4) is 0 Å². The normalized spacial score (nSPS) is 17.5. The van der Waals surface area contributed by atoms with E-state index >= 15 is 0 Å². The third kappa shape index (κ3) is 3.12. The van der Waals surface area contributed by atoms with E-state index in [4.69, 9.17) is 11.6 Å². The van der Waals surface area contributed by atoms with Gasteiger partial charge in [-0.3, -0.25) is 9.78 Å². The Morgan fingerprint density at radius 2 is 2.23 bits per heavy atom. The molecule has 3 aromatic rings. The lowest BCUT2D eigenvalue weighted by atomic mass is 10.1. The minimum Gasteiger partial charge on any atom is -0.353 e. The van der Waals surface area contributed by atoms with E-state index in [1.807, 2.05) is 35.9 Å². The first-order valence-corrected chi connectivity index (χ1v) is 9.07. The second-order valence-electron chi connectivity index (χ2n) is 6.59. The van der Waals surface area contributed by atoms with Gasteiger partial charge in [-0.05, 0) is 25.0 Å². The summed E-state index contributed by atoms with van der Waals surface area (Å²) >= 11 is 6.29. The van der Waals surface area contributed by atoms with Crippen molar-refractivity contribution in [2.45, 2.75) is 18.9 Å². The van der Waals surface area contributed by atoms with E-state index in [9.17, 15) is 4.79 Å². The number of aromatic nitrogens is 3. The molecule has 1 atom stereocenters. The number of nitrogens with zero attached hydrogens (tertiary/aromatic N) is 4. The lowest BCUT2D eigenvalue weighted by molar-refractivity contribution is 0.0925. The average molecular weight is 370 g/mol. The fraction of sp³-hybridized carbons (Fsp3) is 0.316. The van der Waals surface area contributed by atoms with Crippen molar-refractivity contribution < 1.29 is 4.79 Å². The Bertz CT molecular complexity index is 940. The summed E-state index contributed by atoms with van der Waals surface area (Å²) in [5, 5.41) is 4.78. The predicted molar refractivity (Wildman–Crippen MR) is 103 cm³/mol. The van der Waals surface area contributed by atoms with Crippen LogP contribution in [0.4, 0.5) is 5.82 Å². The van der Waals surface area contributed by atoms with E-state index < -0.39 is 0 Å². The van der Waals surface area contributed by atoms with Crippen molar-refractivity contribution in [1.82, 2.24) is 19.9 Å². The number of halogens is 1. The number of hydrogen-bond donors (Lipinski definition) is 1. The van der Waals surface area contributed by atoms with E-state index in [1.54, 1.807) is 18.6 Å². The number of fused-ring (bicyclic) bond motifs is 1. The highest BCUT2D eigenvalue weighted by Gasteiger charge is 2.24. The van der Waals surface area contributed by atoms with Gasteiger partial charge in [0.1, 0.15) is 11.5 Å². The van der Waals surface area contributed by atoms with E-state index in [0.717, 1.165) is 42.7 Å². The fourth-order valence-corrected chi connectivity index (χ4v) is 3.91. The number of nitrogens with one attached hydrogen (secondary N) is 1. The van der Waals surface area contributed by atoms with Gasteiger partial charge in [-0.2, -0.15) is 0 Å². The number of amides is 1. The quantitative estimate of drug-likeness (QED) is 0.770. The van der Waals surface area contributed by atoms with Crippen LogP contribution in [0.15, 0.2) is 42.9 Å². The van der Waals surface area contributed by atoms with Gasteiger partial charge >= 0.3 is 0 Å². The van der Waals surface area contributed by atoms with Gasteiger partial charge in [-0.15, -0.1) is 0 Å². The van der Waals surface area contributed by atoms with Crippen molar-refractivity contribution in [1.29, 1.82) is 0 Å². The number of hydrogen-bond acceptors (Lipinski definition) is 4. The second kappa shape index (κ2) is 6.96. The maximum Gasteiger partial charge on any atom is 0.268 e. The van der Waals surface area contributed by atoms with Crippen molar-refractivity contribution in [3.05, 3.63) is 53.6 Å². The Kier molecular flexibility index (Phi) is 4.51. The van der Waals surface area contributed by atoms with Crippen LogP contribution in [0, 0.1) is 0 Å². The maximum atomic E-state index is 12.8. The molecule has 1 fully saturated rings. The largest absolute Gasteiger partial charge is 0.353 e. The van der Waals surface area contributed by atoms with Crippen LogP contribution in [0.1, 0.15) is 23.3 Å². The molecule has 1 saturated heterocycles. The van der Waals surface area contributed by atoms with Crippen molar-refractivity contribution in [2.24, 2.45) is 7.05 Å². The van der Waals surface area contributed by atoms with Gasteiger partial charge in [0.25, 0.3) is 5.91 Å². The Hall–Kier alpha value is -2.60. The number of carbonyl (C=O) groups is 1. The van der Waals surface area contributed by atoms with Gasteiger partial charge in [-0.25, -0.2) is 4.98 Å². The lowest BCUT2D eigenvalue weighted by Gasteiger charge is -2.33. The number of benzene rings is 1. The predicted octanol–water partition coefficient (Wildman–Crippen LogP) is 3.02. The van der Waals surface area contributed by atoms with Gasteiger partial charge in [0, 0.05) is 44.0 Å². The molecule has 0 bridgehead atoms. The molecule has 1 amide bonds. The first-order chi connectivity index (χ1) is 12.6. The molecule has 0 radical (unpaired) electrons. The van der Waals surface area contributed by atoms with Crippen LogP contribution in [0.25, 0.3) is 10.9 Å². The van der Waals surface area contributed by atoms with Gasteiger partial charge in [-0.1, -0.05) is 23.7 Å². The van der Waals surface area contributed by atoms with E-state index in [2.05, 4.69) is 20.2 Å². The first-order valence-electron chi connectivity index (χ1n) is 8.69. The summed E-state index contributed by atoms with van der Waals surface area (Å²) in [4.78, 5) is 23.5. The minimum atomic E-state index is -0.0780. The van der Waals surface area contributed by atoms with Gasteiger partial charge in [0.2, 0.25) is 0 Å². The number of anilines is 1. The van der Waals surface area contributed by atoms with Crippen LogP contribution in [-0.2, 0) is 7.05 Å².